The minimum Gasteiger partial charge on any atom is -0.396 e. The van der Waals surface area contributed by atoms with Crippen molar-refractivity contribution in [1.82, 2.24) is 0 Å². The molecule has 0 fully saturated rings. The Morgan fingerprint density at radius 1 is 0.625 bits per heavy atom. The quantitative estimate of drug-likeness (QED) is 0.240. The van der Waals surface area contributed by atoms with Crippen LogP contribution in [0.2, 0.25) is 0 Å². The summed E-state index contributed by atoms with van der Waals surface area (Å²) in [5.74, 6) is 0. The summed E-state index contributed by atoms with van der Waals surface area (Å²) in [5.41, 5.74) is 0. The van der Waals surface area contributed by atoms with Crippen LogP contribution < -0.4 is 0 Å². The van der Waals surface area contributed by atoms with Gasteiger partial charge in [-0.05, 0) is 19.8 Å². The van der Waals surface area contributed by atoms with Gasteiger partial charge in [0.2, 0.25) is 0 Å². The van der Waals surface area contributed by atoms with Crippen molar-refractivity contribution in [3.8, 4) is 0 Å². The first-order valence-corrected chi connectivity index (χ1v) is 11.0. The smallest absolute Gasteiger partial charge is 0.0568 e. The second kappa shape index (κ2) is 21.0. The van der Waals surface area contributed by atoms with E-state index in [-0.39, 0.29) is 12.7 Å². The molecule has 0 saturated heterocycles. The predicted octanol–water partition coefficient (Wildman–Crippen LogP) is 7.04. The maximum Gasteiger partial charge on any atom is 0.0568 e. The molecule has 0 aliphatic carbocycles. The molecule has 1 atom stereocenters. The monoisotopic (exact) mass is 342 g/mol. The molecule has 0 saturated carbocycles. The Balaban J connectivity index is 3.00. The fourth-order valence-corrected chi connectivity index (χ4v) is 3.20. The minimum absolute atomic E-state index is 0.214. The van der Waals surface area contributed by atoms with E-state index in [9.17, 15) is 0 Å². The van der Waals surface area contributed by atoms with Crippen LogP contribution in [0.15, 0.2) is 0 Å². The van der Waals surface area contributed by atoms with Gasteiger partial charge >= 0.3 is 0 Å². The molecule has 2 nitrogen and oxygen atoms in total. The van der Waals surface area contributed by atoms with Gasteiger partial charge in [0.15, 0.2) is 0 Å². The topological polar surface area (TPSA) is 29.5 Å². The average Bonchev–Trinajstić information content (AvgIpc) is 2.58. The first-order valence-electron chi connectivity index (χ1n) is 11.0. The van der Waals surface area contributed by atoms with Crippen molar-refractivity contribution >= 4 is 0 Å². The first kappa shape index (κ1) is 23.9. The summed E-state index contributed by atoms with van der Waals surface area (Å²) in [6, 6.07) is 0. The summed E-state index contributed by atoms with van der Waals surface area (Å²) in [5, 5.41) is 8.80. The van der Waals surface area contributed by atoms with Crippen LogP contribution in [0.4, 0.5) is 0 Å². The van der Waals surface area contributed by atoms with E-state index < -0.39 is 0 Å². The van der Waals surface area contributed by atoms with Crippen molar-refractivity contribution in [1.29, 1.82) is 0 Å². The highest BCUT2D eigenvalue weighted by molar-refractivity contribution is 4.51. The Hall–Kier alpha value is -0.0800. The molecule has 24 heavy (non-hydrogen) atoms. The van der Waals surface area contributed by atoms with Gasteiger partial charge in [0, 0.05) is 13.2 Å². The summed E-state index contributed by atoms with van der Waals surface area (Å²) in [4.78, 5) is 0. The molecule has 0 aromatic rings. The molecule has 0 aliphatic rings. The molecule has 0 amide bonds. The van der Waals surface area contributed by atoms with Gasteiger partial charge < -0.3 is 9.84 Å². The van der Waals surface area contributed by atoms with Crippen LogP contribution in [-0.4, -0.2) is 24.4 Å². The van der Waals surface area contributed by atoms with Gasteiger partial charge in [-0.15, -0.1) is 0 Å². The van der Waals surface area contributed by atoms with Crippen molar-refractivity contribution in [2.45, 2.75) is 129 Å². The summed E-state index contributed by atoms with van der Waals surface area (Å²) < 4.78 is 5.64. The molecule has 2 heteroatoms. The Morgan fingerprint density at radius 3 is 1.38 bits per heavy atom. The van der Waals surface area contributed by atoms with Gasteiger partial charge in [0.25, 0.3) is 0 Å². The SMILES string of the molecule is CCCCCCCCCCCCCCCCCCOC(C)CCO. The van der Waals surface area contributed by atoms with Crippen LogP contribution in [0.25, 0.3) is 0 Å². The molecule has 1 N–H and O–H groups in total. The Kier molecular flexibility index (Phi) is 20.9. The van der Waals surface area contributed by atoms with Gasteiger partial charge in [-0.2, -0.15) is 0 Å². The van der Waals surface area contributed by atoms with E-state index in [0.717, 1.165) is 13.0 Å². The molecular formula is C22H46O2. The van der Waals surface area contributed by atoms with E-state index in [1.165, 1.54) is 103 Å². The highest BCUT2D eigenvalue weighted by Crippen LogP contribution is 2.13. The summed E-state index contributed by atoms with van der Waals surface area (Å²) in [6.45, 7) is 5.43. The number of unbranched alkanes of at least 4 members (excludes halogenated alkanes) is 15. The van der Waals surface area contributed by atoms with E-state index in [1.807, 2.05) is 6.92 Å². The lowest BCUT2D eigenvalue weighted by atomic mass is 10.0. The third-order valence-electron chi connectivity index (χ3n) is 4.94. The zero-order valence-electron chi connectivity index (χ0n) is 16.9. The van der Waals surface area contributed by atoms with Crippen molar-refractivity contribution < 1.29 is 9.84 Å². The van der Waals surface area contributed by atoms with E-state index in [4.69, 9.17) is 9.84 Å². The molecule has 0 aromatic carbocycles. The lowest BCUT2D eigenvalue weighted by molar-refractivity contribution is 0.0456. The number of rotatable bonds is 20. The average molecular weight is 343 g/mol. The van der Waals surface area contributed by atoms with Crippen molar-refractivity contribution in [2.75, 3.05) is 13.2 Å². The van der Waals surface area contributed by atoms with Gasteiger partial charge in [-0.1, -0.05) is 103 Å². The van der Waals surface area contributed by atoms with Crippen LogP contribution in [-0.2, 0) is 4.74 Å². The zero-order valence-corrected chi connectivity index (χ0v) is 16.9. The zero-order chi connectivity index (χ0) is 17.7. The van der Waals surface area contributed by atoms with E-state index in [1.54, 1.807) is 0 Å². The Bertz CT molecular complexity index is 218. The highest BCUT2D eigenvalue weighted by Gasteiger charge is 2.00. The lowest BCUT2D eigenvalue weighted by Crippen LogP contribution is -2.10. The van der Waals surface area contributed by atoms with Crippen LogP contribution >= 0.6 is 0 Å². The maximum atomic E-state index is 8.80. The van der Waals surface area contributed by atoms with Crippen LogP contribution in [0.1, 0.15) is 123 Å². The van der Waals surface area contributed by atoms with Crippen LogP contribution in [0.3, 0.4) is 0 Å². The number of aliphatic hydroxyl groups excluding tert-OH is 1. The minimum atomic E-state index is 0.214. The predicted molar refractivity (Wildman–Crippen MR) is 107 cm³/mol. The van der Waals surface area contributed by atoms with E-state index in [0.29, 0.717) is 0 Å². The lowest BCUT2D eigenvalue weighted by Gasteiger charge is -2.11. The number of ether oxygens (including phenoxy) is 1. The summed E-state index contributed by atoms with van der Waals surface area (Å²) in [6.07, 6.45) is 23.5. The molecule has 0 heterocycles. The highest BCUT2D eigenvalue weighted by atomic mass is 16.5. The summed E-state index contributed by atoms with van der Waals surface area (Å²) >= 11 is 0. The Labute approximate surface area is 152 Å². The van der Waals surface area contributed by atoms with Crippen molar-refractivity contribution in [3.05, 3.63) is 0 Å². The molecule has 1 unspecified atom stereocenters. The molecule has 0 radical (unpaired) electrons. The molecular weight excluding hydrogens is 296 g/mol. The molecule has 0 spiro atoms. The van der Waals surface area contributed by atoms with Crippen LogP contribution in [0.5, 0.6) is 0 Å². The van der Waals surface area contributed by atoms with Crippen molar-refractivity contribution in [3.63, 3.8) is 0 Å². The molecule has 146 valence electrons. The third kappa shape index (κ3) is 20.0. The fraction of sp³-hybridized carbons (Fsp3) is 1.00. The second-order valence-corrected chi connectivity index (χ2v) is 7.50. The molecule has 0 aromatic heterocycles. The first-order chi connectivity index (χ1) is 11.8. The number of aliphatic hydroxyl groups is 1. The molecule has 0 bridgehead atoms. The van der Waals surface area contributed by atoms with E-state index >= 15 is 0 Å². The largest absolute Gasteiger partial charge is 0.396 e. The van der Waals surface area contributed by atoms with E-state index in [2.05, 4.69) is 6.92 Å². The maximum absolute atomic E-state index is 8.80. The van der Waals surface area contributed by atoms with Crippen molar-refractivity contribution in [2.24, 2.45) is 0 Å². The normalized spacial score (nSPS) is 12.6. The summed E-state index contributed by atoms with van der Waals surface area (Å²) in [7, 11) is 0. The van der Waals surface area contributed by atoms with Gasteiger partial charge in [0.1, 0.15) is 0 Å². The number of hydrogen-bond donors (Lipinski definition) is 1. The Morgan fingerprint density at radius 2 is 1.00 bits per heavy atom. The van der Waals surface area contributed by atoms with Gasteiger partial charge in [-0.25, -0.2) is 0 Å². The molecule has 0 aliphatic heterocycles. The fourth-order valence-electron chi connectivity index (χ4n) is 3.20. The third-order valence-corrected chi connectivity index (χ3v) is 4.94. The van der Waals surface area contributed by atoms with Crippen LogP contribution in [0, 0.1) is 0 Å². The van der Waals surface area contributed by atoms with Gasteiger partial charge in [0.05, 0.1) is 6.10 Å². The standard InChI is InChI=1S/C22H46O2/c1-3-4-5-6-7-8-9-10-11-12-13-14-15-16-17-18-21-24-22(2)19-20-23/h22-23H,3-21H2,1-2H3. The number of hydrogen-bond acceptors (Lipinski definition) is 2. The van der Waals surface area contributed by atoms with Gasteiger partial charge in [-0.3, -0.25) is 0 Å². The second-order valence-electron chi connectivity index (χ2n) is 7.50. The molecule has 0 rings (SSSR count).